The van der Waals surface area contributed by atoms with E-state index in [1.165, 1.54) is 32.1 Å². The molecule has 0 amide bonds. The number of carbonyl (C=O) groups excluding carboxylic acids is 1. The van der Waals surface area contributed by atoms with Crippen LogP contribution in [-0.2, 0) is 11.3 Å². The van der Waals surface area contributed by atoms with Crippen molar-refractivity contribution in [3.8, 4) is 0 Å². The Morgan fingerprint density at radius 2 is 2.15 bits per heavy atom. The van der Waals surface area contributed by atoms with Crippen LogP contribution in [0.3, 0.4) is 0 Å². The highest BCUT2D eigenvalue weighted by atomic mass is 19.1. The van der Waals surface area contributed by atoms with Crippen molar-refractivity contribution in [2.45, 2.75) is 33.2 Å². The monoisotopic (exact) mass is 279 g/mol. The van der Waals surface area contributed by atoms with E-state index in [9.17, 15) is 9.18 Å². The third kappa shape index (κ3) is 3.18. The summed E-state index contributed by atoms with van der Waals surface area (Å²) in [5.74, 6) is -0.492. The highest BCUT2D eigenvalue weighted by molar-refractivity contribution is 5.89. The first kappa shape index (κ1) is 15.0. The maximum Gasteiger partial charge on any atom is 0.340 e. The maximum absolute atomic E-state index is 13.8. The molecule has 4 heteroatoms. The summed E-state index contributed by atoms with van der Waals surface area (Å²) >= 11 is 0. The largest absolute Gasteiger partial charge is 0.465 e. The Morgan fingerprint density at radius 3 is 2.65 bits per heavy atom. The molecule has 3 nitrogen and oxygen atoms in total. The molecule has 1 saturated carbocycles. The molecule has 0 spiro atoms. The number of esters is 1. The average Bonchev–Trinajstić information content (AvgIpc) is 3.19. The minimum atomic E-state index is -0.640. The Bertz CT molecular complexity index is 495. The highest BCUT2D eigenvalue weighted by Crippen LogP contribution is 2.51. The molecule has 1 aliphatic rings. The van der Waals surface area contributed by atoms with Gasteiger partial charge >= 0.3 is 5.97 Å². The zero-order chi connectivity index (χ0) is 14.8. The van der Waals surface area contributed by atoms with Gasteiger partial charge < -0.3 is 10.1 Å². The van der Waals surface area contributed by atoms with Crippen molar-refractivity contribution in [1.29, 1.82) is 0 Å². The van der Waals surface area contributed by atoms with Crippen LogP contribution in [0.1, 0.15) is 42.6 Å². The second kappa shape index (κ2) is 5.92. The first-order valence-corrected chi connectivity index (χ1v) is 7.06. The number of methoxy groups -OCH3 is 1. The molecule has 1 N–H and O–H groups in total. The molecule has 1 aromatic rings. The summed E-state index contributed by atoms with van der Waals surface area (Å²) in [4.78, 5) is 11.3. The Hall–Kier alpha value is -1.42. The molecule has 0 radical (unpaired) electrons. The molecule has 0 heterocycles. The van der Waals surface area contributed by atoms with Gasteiger partial charge in [-0.25, -0.2) is 9.18 Å². The standard InChI is InChI=1S/C16H22FNO2/c1-11(2)16(6-7-16)10-18-9-12-4-5-13(14(17)8-12)15(19)20-3/h4-5,8,11,18H,6-7,9-10H2,1-3H3. The summed E-state index contributed by atoms with van der Waals surface area (Å²) in [5.41, 5.74) is 1.26. The van der Waals surface area contributed by atoms with E-state index in [1.54, 1.807) is 6.07 Å². The molecule has 2 rings (SSSR count). The molecular formula is C16H22FNO2. The van der Waals surface area contributed by atoms with Gasteiger partial charge in [0.1, 0.15) is 5.82 Å². The number of carbonyl (C=O) groups is 1. The van der Waals surface area contributed by atoms with Crippen LogP contribution in [-0.4, -0.2) is 19.6 Å². The summed E-state index contributed by atoms with van der Waals surface area (Å²) in [6.45, 7) is 6.08. The Kier molecular flexibility index (Phi) is 4.43. The summed E-state index contributed by atoms with van der Waals surface area (Å²) in [7, 11) is 1.25. The van der Waals surface area contributed by atoms with Crippen molar-refractivity contribution < 1.29 is 13.9 Å². The van der Waals surface area contributed by atoms with E-state index in [-0.39, 0.29) is 5.56 Å². The van der Waals surface area contributed by atoms with Crippen molar-refractivity contribution in [2.75, 3.05) is 13.7 Å². The SMILES string of the molecule is COC(=O)c1ccc(CNCC2(C(C)C)CC2)cc1F. The van der Waals surface area contributed by atoms with Crippen molar-refractivity contribution in [2.24, 2.45) is 11.3 Å². The van der Waals surface area contributed by atoms with Gasteiger partial charge in [-0.1, -0.05) is 19.9 Å². The Labute approximate surface area is 119 Å². The molecule has 0 atom stereocenters. The van der Waals surface area contributed by atoms with Gasteiger partial charge in [0, 0.05) is 13.1 Å². The van der Waals surface area contributed by atoms with E-state index in [1.807, 2.05) is 0 Å². The van der Waals surface area contributed by atoms with Gasteiger partial charge in [0.05, 0.1) is 12.7 Å². The van der Waals surface area contributed by atoms with Gasteiger partial charge in [0.15, 0.2) is 0 Å². The van der Waals surface area contributed by atoms with Gasteiger partial charge in [-0.15, -0.1) is 0 Å². The second-order valence-electron chi connectivity index (χ2n) is 5.93. The van der Waals surface area contributed by atoms with E-state index in [2.05, 4.69) is 23.9 Å². The van der Waals surface area contributed by atoms with Gasteiger partial charge in [-0.2, -0.15) is 0 Å². The van der Waals surface area contributed by atoms with E-state index in [0.29, 0.717) is 17.9 Å². The molecule has 1 fully saturated rings. The molecule has 110 valence electrons. The third-order valence-electron chi connectivity index (χ3n) is 4.36. The number of nitrogens with one attached hydrogen (secondary N) is 1. The summed E-state index contributed by atoms with van der Waals surface area (Å²) in [5, 5.41) is 3.39. The van der Waals surface area contributed by atoms with Gasteiger partial charge in [0.2, 0.25) is 0 Å². The lowest BCUT2D eigenvalue weighted by Crippen LogP contribution is -2.27. The quantitative estimate of drug-likeness (QED) is 0.813. The second-order valence-corrected chi connectivity index (χ2v) is 5.93. The molecule has 0 aliphatic heterocycles. The molecule has 1 aromatic carbocycles. The fourth-order valence-electron chi connectivity index (χ4n) is 2.52. The van der Waals surface area contributed by atoms with Crippen LogP contribution in [0, 0.1) is 17.2 Å². The molecule has 0 unspecified atom stereocenters. The predicted octanol–water partition coefficient (Wildman–Crippen LogP) is 3.14. The Morgan fingerprint density at radius 1 is 1.45 bits per heavy atom. The lowest BCUT2D eigenvalue weighted by molar-refractivity contribution is 0.0595. The number of hydrogen-bond acceptors (Lipinski definition) is 3. The van der Waals surface area contributed by atoms with E-state index in [4.69, 9.17) is 0 Å². The van der Waals surface area contributed by atoms with Crippen LogP contribution in [0.5, 0.6) is 0 Å². The molecule has 0 aromatic heterocycles. The number of ether oxygens (including phenoxy) is 1. The van der Waals surface area contributed by atoms with Crippen molar-refractivity contribution in [1.82, 2.24) is 5.32 Å². The zero-order valence-electron chi connectivity index (χ0n) is 12.3. The molecule has 1 aliphatic carbocycles. The average molecular weight is 279 g/mol. The van der Waals surface area contributed by atoms with Gasteiger partial charge in [-0.05, 0) is 41.9 Å². The lowest BCUT2D eigenvalue weighted by atomic mass is 9.92. The third-order valence-corrected chi connectivity index (χ3v) is 4.36. The fourth-order valence-corrected chi connectivity index (χ4v) is 2.52. The lowest BCUT2D eigenvalue weighted by Gasteiger charge is -2.20. The van der Waals surface area contributed by atoms with Crippen LogP contribution in [0.4, 0.5) is 4.39 Å². The topological polar surface area (TPSA) is 38.3 Å². The van der Waals surface area contributed by atoms with Crippen LogP contribution in [0.2, 0.25) is 0 Å². The van der Waals surface area contributed by atoms with Gasteiger partial charge in [-0.3, -0.25) is 0 Å². The van der Waals surface area contributed by atoms with Crippen LogP contribution in [0.15, 0.2) is 18.2 Å². The molecule has 0 bridgehead atoms. The van der Waals surface area contributed by atoms with Crippen molar-refractivity contribution in [3.05, 3.63) is 35.1 Å². The van der Waals surface area contributed by atoms with E-state index in [0.717, 1.165) is 12.1 Å². The van der Waals surface area contributed by atoms with Crippen LogP contribution >= 0.6 is 0 Å². The Balaban J connectivity index is 1.91. The first-order valence-electron chi connectivity index (χ1n) is 7.06. The van der Waals surface area contributed by atoms with Crippen molar-refractivity contribution >= 4 is 5.97 Å². The molecular weight excluding hydrogens is 257 g/mol. The van der Waals surface area contributed by atoms with Crippen LogP contribution in [0.25, 0.3) is 0 Å². The minimum absolute atomic E-state index is 0.0166. The highest BCUT2D eigenvalue weighted by Gasteiger charge is 2.44. The zero-order valence-corrected chi connectivity index (χ0v) is 12.3. The predicted molar refractivity (Wildman–Crippen MR) is 76.0 cm³/mol. The van der Waals surface area contributed by atoms with Crippen molar-refractivity contribution in [3.63, 3.8) is 0 Å². The normalized spacial score (nSPS) is 16.2. The molecule has 20 heavy (non-hydrogen) atoms. The smallest absolute Gasteiger partial charge is 0.340 e. The van der Waals surface area contributed by atoms with Gasteiger partial charge in [0.25, 0.3) is 0 Å². The number of rotatable bonds is 6. The van der Waals surface area contributed by atoms with Crippen LogP contribution < -0.4 is 5.32 Å². The minimum Gasteiger partial charge on any atom is -0.465 e. The maximum atomic E-state index is 13.8. The number of hydrogen-bond donors (Lipinski definition) is 1. The van der Waals surface area contributed by atoms with E-state index < -0.39 is 11.8 Å². The number of benzene rings is 1. The summed E-state index contributed by atoms with van der Waals surface area (Å²) in [6.07, 6.45) is 2.54. The van der Waals surface area contributed by atoms with E-state index >= 15 is 0 Å². The summed E-state index contributed by atoms with van der Waals surface area (Å²) < 4.78 is 18.3. The number of halogens is 1. The first-order chi connectivity index (χ1) is 9.48. The molecule has 0 saturated heterocycles. The fraction of sp³-hybridized carbons (Fsp3) is 0.562. The summed E-state index contributed by atoms with van der Waals surface area (Å²) in [6, 6.07) is 4.64.